The van der Waals surface area contributed by atoms with Crippen molar-refractivity contribution in [1.82, 2.24) is 9.38 Å². The summed E-state index contributed by atoms with van der Waals surface area (Å²) in [5.41, 5.74) is 4.51. The number of rotatable bonds is 1. The summed E-state index contributed by atoms with van der Waals surface area (Å²) in [6, 6.07) is 21.0. The minimum absolute atomic E-state index is 0.876. The number of methoxy groups -OCH3 is 1. The first-order chi connectivity index (χ1) is 11.4. The molecular weight excluding hydrogens is 284 g/mol. The van der Waals surface area contributed by atoms with Gasteiger partial charge in [0.25, 0.3) is 0 Å². The van der Waals surface area contributed by atoms with Crippen LogP contribution < -0.4 is 4.74 Å². The summed E-state index contributed by atoms with van der Waals surface area (Å²) < 4.78 is 7.72. The van der Waals surface area contributed by atoms with Gasteiger partial charge in [0.05, 0.1) is 29.2 Å². The molecule has 0 unspecified atom stereocenters. The molecule has 3 aromatic heterocycles. The largest absolute Gasteiger partial charge is 0.497 e. The molecule has 0 spiro atoms. The van der Waals surface area contributed by atoms with Crippen LogP contribution in [0, 0.1) is 0 Å². The highest BCUT2D eigenvalue weighted by Crippen LogP contribution is 2.34. The Morgan fingerprint density at radius 1 is 0.783 bits per heavy atom. The summed E-state index contributed by atoms with van der Waals surface area (Å²) in [6.07, 6.45) is 1.84. The topological polar surface area (TPSA) is 26.5 Å². The maximum atomic E-state index is 5.42. The van der Waals surface area contributed by atoms with E-state index >= 15 is 0 Å². The highest BCUT2D eigenvalue weighted by molar-refractivity contribution is 6.15. The molecule has 0 aliphatic rings. The van der Waals surface area contributed by atoms with Crippen LogP contribution in [0.15, 0.2) is 66.9 Å². The van der Waals surface area contributed by atoms with Crippen LogP contribution in [0.1, 0.15) is 0 Å². The van der Waals surface area contributed by atoms with Gasteiger partial charge in [-0.25, -0.2) is 0 Å². The van der Waals surface area contributed by atoms with Gasteiger partial charge >= 0.3 is 0 Å². The van der Waals surface area contributed by atoms with Crippen LogP contribution in [0.25, 0.3) is 38.2 Å². The number of pyridine rings is 2. The monoisotopic (exact) mass is 298 g/mol. The predicted molar refractivity (Wildman–Crippen MR) is 94.3 cm³/mol. The van der Waals surface area contributed by atoms with Crippen molar-refractivity contribution in [2.75, 3.05) is 7.11 Å². The molecule has 0 saturated carbocycles. The number of hydrogen-bond acceptors (Lipinski definition) is 2. The lowest BCUT2D eigenvalue weighted by Gasteiger charge is -2.11. The van der Waals surface area contributed by atoms with Crippen molar-refractivity contribution in [3.8, 4) is 5.75 Å². The van der Waals surface area contributed by atoms with Gasteiger partial charge in [0.15, 0.2) is 0 Å². The summed E-state index contributed by atoms with van der Waals surface area (Å²) in [7, 11) is 1.71. The second-order valence-corrected chi connectivity index (χ2v) is 5.70. The van der Waals surface area contributed by atoms with E-state index in [1.807, 2.05) is 18.3 Å². The molecule has 0 N–H and O–H groups in total. The van der Waals surface area contributed by atoms with E-state index in [0.29, 0.717) is 0 Å². The molecule has 5 aromatic rings. The second-order valence-electron chi connectivity index (χ2n) is 5.70. The van der Waals surface area contributed by atoms with Crippen LogP contribution >= 0.6 is 0 Å². The Bertz CT molecular complexity index is 1200. The van der Waals surface area contributed by atoms with Crippen molar-refractivity contribution in [2.24, 2.45) is 0 Å². The summed E-state index contributed by atoms with van der Waals surface area (Å²) in [5.74, 6) is 0.876. The quantitative estimate of drug-likeness (QED) is 0.415. The Morgan fingerprint density at radius 3 is 2.52 bits per heavy atom. The predicted octanol–water partition coefficient (Wildman–Crippen LogP) is 4.80. The molecule has 0 aliphatic heterocycles. The van der Waals surface area contributed by atoms with E-state index in [4.69, 9.17) is 4.74 Å². The van der Waals surface area contributed by atoms with Crippen molar-refractivity contribution < 1.29 is 4.74 Å². The Labute approximate surface area is 132 Å². The molecule has 110 valence electrons. The number of ether oxygens (including phenoxy) is 1. The molecule has 23 heavy (non-hydrogen) atoms. The van der Waals surface area contributed by atoms with Crippen LogP contribution in [-0.2, 0) is 0 Å². The third-order valence-corrected chi connectivity index (χ3v) is 4.51. The Morgan fingerprint density at radius 2 is 1.61 bits per heavy atom. The third-order valence-electron chi connectivity index (χ3n) is 4.51. The number of para-hydroxylation sites is 1. The first-order valence-corrected chi connectivity index (χ1v) is 7.61. The summed E-state index contributed by atoms with van der Waals surface area (Å²) in [4.78, 5) is 4.52. The van der Waals surface area contributed by atoms with Gasteiger partial charge in [0.2, 0.25) is 0 Å². The van der Waals surface area contributed by atoms with E-state index in [9.17, 15) is 0 Å². The molecule has 0 fully saturated rings. The molecule has 3 nitrogen and oxygen atoms in total. The molecule has 0 radical (unpaired) electrons. The van der Waals surface area contributed by atoms with Gasteiger partial charge in [-0.3, -0.25) is 4.98 Å². The van der Waals surface area contributed by atoms with Gasteiger partial charge < -0.3 is 9.14 Å². The van der Waals surface area contributed by atoms with E-state index in [2.05, 4.69) is 57.9 Å². The maximum Gasteiger partial charge on any atom is 0.119 e. The van der Waals surface area contributed by atoms with Crippen LogP contribution in [0.2, 0.25) is 0 Å². The standard InChI is InChI=1S/C20H14N2O/c1-23-13-8-9-15-16(11-13)14-5-2-3-6-18(14)22-19-7-4-10-21-17(19)12-20(15)22/h2-12H,1H3. The lowest BCUT2D eigenvalue weighted by Crippen LogP contribution is -1.91. The van der Waals surface area contributed by atoms with Crippen molar-refractivity contribution in [3.63, 3.8) is 0 Å². The van der Waals surface area contributed by atoms with Crippen molar-refractivity contribution in [1.29, 1.82) is 0 Å². The molecule has 2 aromatic carbocycles. The normalized spacial score (nSPS) is 11.7. The van der Waals surface area contributed by atoms with Gasteiger partial charge in [0, 0.05) is 17.0 Å². The minimum Gasteiger partial charge on any atom is -0.497 e. The SMILES string of the molecule is COc1ccc2c(c1)c1ccccc1n1c3cccnc3cc21. The number of aromatic nitrogens is 2. The molecule has 0 bridgehead atoms. The van der Waals surface area contributed by atoms with Gasteiger partial charge in [0.1, 0.15) is 5.75 Å². The molecule has 3 heterocycles. The zero-order valence-corrected chi connectivity index (χ0v) is 12.7. The summed E-state index contributed by atoms with van der Waals surface area (Å²) in [6.45, 7) is 0. The molecule has 5 rings (SSSR count). The Hall–Kier alpha value is -3.07. The van der Waals surface area contributed by atoms with Gasteiger partial charge in [-0.05, 0) is 47.9 Å². The van der Waals surface area contributed by atoms with E-state index < -0.39 is 0 Å². The molecule has 0 aliphatic carbocycles. The highest BCUT2D eigenvalue weighted by atomic mass is 16.5. The van der Waals surface area contributed by atoms with Crippen molar-refractivity contribution in [2.45, 2.75) is 0 Å². The lowest BCUT2D eigenvalue weighted by molar-refractivity contribution is 0.415. The van der Waals surface area contributed by atoms with Gasteiger partial charge in [-0.2, -0.15) is 0 Å². The van der Waals surface area contributed by atoms with E-state index in [1.165, 1.54) is 27.2 Å². The molecule has 0 atom stereocenters. The van der Waals surface area contributed by atoms with Gasteiger partial charge in [-0.1, -0.05) is 18.2 Å². The van der Waals surface area contributed by atoms with Crippen LogP contribution in [0.5, 0.6) is 5.75 Å². The van der Waals surface area contributed by atoms with E-state index in [1.54, 1.807) is 7.11 Å². The van der Waals surface area contributed by atoms with Gasteiger partial charge in [-0.15, -0.1) is 0 Å². The highest BCUT2D eigenvalue weighted by Gasteiger charge is 2.12. The lowest BCUT2D eigenvalue weighted by atomic mass is 10.0. The number of nitrogens with zero attached hydrogens (tertiary/aromatic N) is 2. The number of hydrogen-bond donors (Lipinski definition) is 0. The summed E-state index contributed by atoms with van der Waals surface area (Å²) in [5, 5.41) is 3.63. The van der Waals surface area contributed by atoms with Crippen LogP contribution in [0.3, 0.4) is 0 Å². The van der Waals surface area contributed by atoms with E-state index in [-0.39, 0.29) is 0 Å². The summed E-state index contributed by atoms with van der Waals surface area (Å²) >= 11 is 0. The zero-order valence-electron chi connectivity index (χ0n) is 12.7. The molecular formula is C20H14N2O. The minimum atomic E-state index is 0.876. The Balaban J connectivity index is 2.15. The molecule has 0 amide bonds. The van der Waals surface area contributed by atoms with Crippen molar-refractivity contribution >= 4 is 38.2 Å². The van der Waals surface area contributed by atoms with Crippen LogP contribution in [-0.4, -0.2) is 16.5 Å². The maximum absolute atomic E-state index is 5.42. The second kappa shape index (κ2) is 4.46. The average Bonchev–Trinajstić information content (AvgIpc) is 3.01. The zero-order chi connectivity index (χ0) is 15.4. The molecule has 3 heteroatoms. The first kappa shape index (κ1) is 12.5. The van der Waals surface area contributed by atoms with Crippen LogP contribution in [0.4, 0.5) is 0 Å². The van der Waals surface area contributed by atoms with E-state index in [0.717, 1.165) is 16.8 Å². The number of benzene rings is 2. The third kappa shape index (κ3) is 1.62. The fraction of sp³-hybridized carbons (Fsp3) is 0.0500. The average molecular weight is 298 g/mol. The van der Waals surface area contributed by atoms with Crippen molar-refractivity contribution in [3.05, 3.63) is 66.9 Å². The fourth-order valence-electron chi connectivity index (χ4n) is 3.48. The fourth-order valence-corrected chi connectivity index (χ4v) is 3.48. The number of fused-ring (bicyclic) bond motifs is 8. The smallest absolute Gasteiger partial charge is 0.119 e. The first-order valence-electron chi connectivity index (χ1n) is 7.61. The Kier molecular flexibility index (Phi) is 2.42. The molecule has 0 saturated heterocycles.